The molecule has 2 aromatic carbocycles. The quantitative estimate of drug-likeness (QED) is 0.343. The number of ether oxygens (including phenoxy) is 1. The number of allylic oxidation sites excluding steroid dienone is 6. The number of pyridine rings is 1. The minimum atomic E-state index is -0.302. The number of nitrogens with zero attached hydrogens (tertiary/aromatic N) is 3. The van der Waals surface area contributed by atoms with Gasteiger partial charge in [-0.25, -0.2) is 4.98 Å². The van der Waals surface area contributed by atoms with E-state index in [2.05, 4.69) is 120 Å². The van der Waals surface area contributed by atoms with Crippen LogP contribution in [-0.2, 0) is 4.74 Å². The molecule has 0 bridgehead atoms. The maximum absolute atomic E-state index is 9.08. The summed E-state index contributed by atoms with van der Waals surface area (Å²) in [7, 11) is 0. The molecule has 198 valence electrons. The summed E-state index contributed by atoms with van der Waals surface area (Å²) in [6.45, 7) is 2.23. The first-order valence-electron chi connectivity index (χ1n) is 14.4. The van der Waals surface area contributed by atoms with Crippen LogP contribution < -0.4 is 4.90 Å². The average molecular weight is 532 g/mol. The number of rotatable bonds is 3. The molecule has 41 heavy (non-hydrogen) atoms. The van der Waals surface area contributed by atoms with Crippen LogP contribution in [0, 0.1) is 23.2 Å². The molecular weight excluding hydrogens is 502 g/mol. The Morgan fingerprint density at radius 3 is 2.49 bits per heavy atom. The molecule has 0 saturated heterocycles. The normalized spacial score (nSPS) is 26.8. The van der Waals surface area contributed by atoms with E-state index in [-0.39, 0.29) is 17.6 Å². The Labute approximate surface area is 240 Å². The lowest BCUT2D eigenvalue weighted by Crippen LogP contribution is -2.34. The van der Waals surface area contributed by atoms with Crippen molar-refractivity contribution in [1.29, 1.82) is 5.26 Å². The molecule has 0 N–H and O–H groups in total. The third-order valence-corrected chi connectivity index (χ3v) is 9.23. The van der Waals surface area contributed by atoms with Crippen LogP contribution in [0.3, 0.4) is 0 Å². The molecule has 0 radical (unpaired) electrons. The molecule has 3 aliphatic carbocycles. The number of nitriles is 1. The summed E-state index contributed by atoms with van der Waals surface area (Å²) < 4.78 is 6.86. The smallest absolute Gasteiger partial charge is 0.140 e. The summed E-state index contributed by atoms with van der Waals surface area (Å²) in [5.74, 6) is 1.70. The molecule has 0 fully saturated rings. The van der Waals surface area contributed by atoms with E-state index in [1.165, 1.54) is 33.7 Å². The van der Waals surface area contributed by atoms with E-state index in [1.54, 1.807) is 12.3 Å². The lowest BCUT2D eigenvalue weighted by atomic mass is 9.77. The van der Waals surface area contributed by atoms with Crippen LogP contribution in [0.25, 0.3) is 22.3 Å². The van der Waals surface area contributed by atoms with Crippen molar-refractivity contribution in [2.75, 3.05) is 4.90 Å². The molecule has 4 atom stereocenters. The Bertz CT molecular complexity index is 1800. The first-order chi connectivity index (χ1) is 20.1. The molecule has 0 spiro atoms. The third-order valence-electron chi connectivity index (χ3n) is 9.23. The van der Waals surface area contributed by atoms with Gasteiger partial charge in [-0.15, -0.1) is 0 Å². The monoisotopic (exact) mass is 531 g/mol. The van der Waals surface area contributed by atoms with Gasteiger partial charge in [0.25, 0.3) is 0 Å². The van der Waals surface area contributed by atoms with Crippen molar-refractivity contribution in [3.63, 3.8) is 0 Å². The molecule has 0 saturated carbocycles. The lowest BCUT2D eigenvalue weighted by Gasteiger charge is -2.33. The Morgan fingerprint density at radius 2 is 1.66 bits per heavy atom. The largest absolute Gasteiger partial charge is 0.482 e. The number of fused-ring (bicyclic) bond motifs is 5. The second-order valence-electron chi connectivity index (χ2n) is 11.5. The van der Waals surface area contributed by atoms with Crippen LogP contribution in [-0.4, -0.2) is 16.6 Å². The van der Waals surface area contributed by atoms with Crippen LogP contribution in [0.1, 0.15) is 25.5 Å². The molecule has 4 heteroatoms. The molecule has 0 amide bonds. The van der Waals surface area contributed by atoms with Gasteiger partial charge in [-0.3, -0.25) is 0 Å². The average Bonchev–Trinajstić information content (AvgIpc) is 3.53. The maximum atomic E-state index is 9.08. The van der Waals surface area contributed by atoms with Gasteiger partial charge in [0, 0.05) is 46.1 Å². The van der Waals surface area contributed by atoms with Gasteiger partial charge in [-0.1, -0.05) is 85.0 Å². The van der Waals surface area contributed by atoms with Crippen molar-refractivity contribution in [2.24, 2.45) is 11.8 Å². The summed E-state index contributed by atoms with van der Waals surface area (Å²) in [5.41, 5.74) is 10.0. The number of benzene rings is 2. The minimum absolute atomic E-state index is 0.215. The predicted octanol–water partition coefficient (Wildman–Crippen LogP) is 8.05. The van der Waals surface area contributed by atoms with Crippen LogP contribution in [0.2, 0.25) is 0 Å². The molecule has 1 aromatic heterocycles. The zero-order valence-electron chi connectivity index (χ0n) is 22.9. The van der Waals surface area contributed by atoms with Gasteiger partial charge in [0.2, 0.25) is 0 Å². The Hall–Kier alpha value is -4.88. The van der Waals surface area contributed by atoms with Crippen molar-refractivity contribution < 1.29 is 4.74 Å². The number of para-hydroxylation sites is 1. The van der Waals surface area contributed by atoms with Gasteiger partial charge in [-0.2, -0.15) is 5.26 Å². The van der Waals surface area contributed by atoms with Crippen LogP contribution in [0.15, 0.2) is 138 Å². The Balaban J connectivity index is 1.21. The predicted molar refractivity (Wildman–Crippen MR) is 162 cm³/mol. The summed E-state index contributed by atoms with van der Waals surface area (Å²) in [4.78, 5) is 6.82. The van der Waals surface area contributed by atoms with Crippen molar-refractivity contribution in [3.05, 3.63) is 144 Å². The Kier molecular flexibility index (Phi) is 5.30. The van der Waals surface area contributed by atoms with E-state index in [1.807, 2.05) is 6.07 Å². The van der Waals surface area contributed by atoms with E-state index in [0.29, 0.717) is 11.6 Å². The van der Waals surface area contributed by atoms with E-state index < -0.39 is 0 Å². The molecule has 3 heterocycles. The van der Waals surface area contributed by atoms with Crippen LogP contribution in [0.5, 0.6) is 0 Å². The number of hydrogen-bond donors (Lipinski definition) is 0. The molecule has 4 unspecified atom stereocenters. The molecule has 3 aromatic rings. The van der Waals surface area contributed by atoms with Gasteiger partial charge < -0.3 is 9.64 Å². The van der Waals surface area contributed by atoms with Gasteiger partial charge in [0.1, 0.15) is 23.1 Å². The van der Waals surface area contributed by atoms with Gasteiger partial charge in [-0.05, 0) is 60.7 Å². The van der Waals surface area contributed by atoms with Crippen molar-refractivity contribution >= 4 is 5.69 Å². The lowest BCUT2D eigenvalue weighted by molar-refractivity contribution is 0.0697. The number of hydrogen-bond acceptors (Lipinski definition) is 4. The van der Waals surface area contributed by atoms with E-state index in [0.717, 1.165) is 29.7 Å². The first-order valence-corrected chi connectivity index (χ1v) is 14.4. The highest BCUT2D eigenvalue weighted by molar-refractivity contribution is 5.83. The van der Waals surface area contributed by atoms with Crippen LogP contribution >= 0.6 is 0 Å². The van der Waals surface area contributed by atoms with Crippen molar-refractivity contribution in [1.82, 2.24) is 4.98 Å². The molecule has 4 nitrogen and oxygen atoms in total. The van der Waals surface area contributed by atoms with Gasteiger partial charge in [0.15, 0.2) is 0 Å². The second-order valence-corrected chi connectivity index (χ2v) is 11.5. The fraction of sp³-hybridized carbons (Fsp3) is 0.189. The topological polar surface area (TPSA) is 49.1 Å². The third kappa shape index (κ3) is 3.62. The number of anilines is 1. The first kappa shape index (κ1) is 24.0. The summed E-state index contributed by atoms with van der Waals surface area (Å²) in [5, 5.41) is 9.08. The standard InChI is InChI=1S/C37H29N3O/c1-37-21-7-6-10-31(37)29-19-20-34-35(36(29)41-37)30-9-3-5-12-33(30)40(34)32-11-4-2-8-28(32)25-15-13-24(14-16-25)26-17-18-27(22-38)39-23-26/h2-18,21,23,30-31,33H,19-20H2,1H3. The SMILES string of the molecule is CC12C=CC=CC1C1=C(O2)C2=C(CC1)N(c1ccccc1-c1ccc(-c3ccc(C#N)nc3)cc1)C1C=CC=CC21. The molecule has 2 aliphatic heterocycles. The van der Waals surface area contributed by atoms with Crippen molar-refractivity contribution in [2.45, 2.75) is 31.4 Å². The summed E-state index contributed by atoms with van der Waals surface area (Å²) in [6.07, 6.45) is 21.7. The van der Waals surface area contributed by atoms with Gasteiger partial charge >= 0.3 is 0 Å². The fourth-order valence-electron chi connectivity index (χ4n) is 7.31. The zero-order chi connectivity index (χ0) is 27.6. The van der Waals surface area contributed by atoms with Crippen LogP contribution in [0.4, 0.5) is 5.69 Å². The zero-order valence-corrected chi connectivity index (χ0v) is 22.9. The van der Waals surface area contributed by atoms with E-state index in [9.17, 15) is 0 Å². The fourth-order valence-corrected chi connectivity index (χ4v) is 7.31. The van der Waals surface area contributed by atoms with E-state index >= 15 is 0 Å². The summed E-state index contributed by atoms with van der Waals surface area (Å²) >= 11 is 0. The summed E-state index contributed by atoms with van der Waals surface area (Å²) in [6, 6.07) is 23.5. The minimum Gasteiger partial charge on any atom is -0.482 e. The van der Waals surface area contributed by atoms with Gasteiger partial charge in [0.05, 0.1) is 6.04 Å². The highest BCUT2D eigenvalue weighted by atomic mass is 16.5. The highest BCUT2D eigenvalue weighted by Gasteiger charge is 2.51. The highest BCUT2D eigenvalue weighted by Crippen LogP contribution is 2.56. The molecule has 8 rings (SSSR count). The maximum Gasteiger partial charge on any atom is 0.140 e. The van der Waals surface area contributed by atoms with Crippen molar-refractivity contribution in [3.8, 4) is 28.3 Å². The second kappa shape index (κ2) is 9.08. The van der Waals surface area contributed by atoms with E-state index in [4.69, 9.17) is 10.00 Å². The Morgan fingerprint density at radius 1 is 0.878 bits per heavy atom. The number of aromatic nitrogens is 1. The molecular formula is C37H29N3O. The molecule has 5 aliphatic rings.